The first-order valence-corrected chi connectivity index (χ1v) is 7.20. The van der Waals surface area contributed by atoms with Gasteiger partial charge in [0, 0.05) is 32.5 Å². The Bertz CT molecular complexity index is 484. The summed E-state index contributed by atoms with van der Waals surface area (Å²) in [6.45, 7) is 4.86. The summed E-state index contributed by atoms with van der Waals surface area (Å²) in [5.74, 6) is 0.287. The molecular weight excluding hydrogens is 268 g/mol. The van der Waals surface area contributed by atoms with Crippen molar-refractivity contribution in [3.63, 3.8) is 0 Å². The topological polar surface area (TPSA) is 74.3 Å². The molecule has 0 fully saturated rings. The molecule has 3 amide bonds. The van der Waals surface area contributed by atoms with Crippen molar-refractivity contribution in [1.82, 2.24) is 15.2 Å². The van der Waals surface area contributed by atoms with E-state index in [-0.39, 0.29) is 11.9 Å². The van der Waals surface area contributed by atoms with Crippen LogP contribution < -0.4 is 10.6 Å². The fourth-order valence-electron chi connectivity index (χ4n) is 1.84. The summed E-state index contributed by atoms with van der Waals surface area (Å²) in [5, 5.41) is 5.56. The lowest BCUT2D eigenvalue weighted by Gasteiger charge is -2.14. The van der Waals surface area contributed by atoms with Gasteiger partial charge >= 0.3 is 6.03 Å². The van der Waals surface area contributed by atoms with Gasteiger partial charge in [0.05, 0.1) is 0 Å². The molecule has 0 aromatic carbocycles. The molecule has 0 aliphatic heterocycles. The summed E-state index contributed by atoms with van der Waals surface area (Å²) in [6.07, 6.45) is 3.58. The second-order valence-corrected chi connectivity index (χ2v) is 5.15. The molecule has 0 spiro atoms. The minimum atomic E-state index is -0.267. The van der Waals surface area contributed by atoms with Crippen LogP contribution >= 0.6 is 0 Å². The number of nitrogens with zero attached hydrogens (tertiary/aromatic N) is 2. The second kappa shape index (κ2) is 8.24. The van der Waals surface area contributed by atoms with Crippen molar-refractivity contribution in [1.29, 1.82) is 0 Å². The standard InChI is InChI=1S/C15H24N4O2/c1-5-11(6-2)10-17-15(21)18-12-7-8-16-13(9-12)14(20)19(3)4/h7-9,11H,5-6,10H2,1-4H3,(H2,16,17,18,21). The monoisotopic (exact) mass is 292 g/mol. The number of nitrogens with one attached hydrogen (secondary N) is 2. The van der Waals surface area contributed by atoms with Crippen molar-refractivity contribution < 1.29 is 9.59 Å². The van der Waals surface area contributed by atoms with Gasteiger partial charge in [0.15, 0.2) is 0 Å². The molecule has 0 aliphatic carbocycles. The highest BCUT2D eigenvalue weighted by Crippen LogP contribution is 2.10. The number of rotatable bonds is 6. The zero-order valence-electron chi connectivity index (χ0n) is 13.1. The smallest absolute Gasteiger partial charge is 0.319 e. The molecule has 0 atom stereocenters. The van der Waals surface area contributed by atoms with Crippen molar-refractivity contribution in [2.45, 2.75) is 26.7 Å². The second-order valence-electron chi connectivity index (χ2n) is 5.15. The lowest BCUT2D eigenvalue weighted by molar-refractivity contribution is 0.0822. The number of hydrogen-bond acceptors (Lipinski definition) is 3. The average molecular weight is 292 g/mol. The maximum atomic E-state index is 11.8. The zero-order valence-corrected chi connectivity index (χ0v) is 13.1. The molecule has 0 radical (unpaired) electrons. The van der Waals surface area contributed by atoms with Gasteiger partial charge in [-0.25, -0.2) is 4.79 Å². The van der Waals surface area contributed by atoms with E-state index in [2.05, 4.69) is 29.5 Å². The van der Waals surface area contributed by atoms with Crippen LogP contribution in [0.3, 0.4) is 0 Å². The Morgan fingerprint density at radius 2 is 1.95 bits per heavy atom. The third kappa shape index (κ3) is 5.41. The Balaban J connectivity index is 2.60. The molecule has 1 aromatic heterocycles. The Morgan fingerprint density at radius 3 is 2.52 bits per heavy atom. The van der Waals surface area contributed by atoms with Gasteiger partial charge in [0.2, 0.25) is 0 Å². The molecular formula is C15H24N4O2. The number of aromatic nitrogens is 1. The fraction of sp³-hybridized carbons (Fsp3) is 0.533. The van der Waals surface area contributed by atoms with E-state index >= 15 is 0 Å². The van der Waals surface area contributed by atoms with Crippen molar-refractivity contribution in [2.75, 3.05) is 26.0 Å². The Hall–Kier alpha value is -2.11. The summed E-state index contributed by atoms with van der Waals surface area (Å²) in [6, 6.07) is 2.96. The minimum absolute atomic E-state index is 0.198. The number of anilines is 1. The molecule has 0 aliphatic rings. The summed E-state index contributed by atoms with van der Waals surface area (Å²) >= 11 is 0. The lowest BCUT2D eigenvalue weighted by atomic mass is 10.0. The highest BCUT2D eigenvalue weighted by molar-refractivity contribution is 5.95. The minimum Gasteiger partial charge on any atom is -0.343 e. The molecule has 1 rings (SSSR count). The molecule has 0 unspecified atom stereocenters. The molecule has 116 valence electrons. The van der Waals surface area contributed by atoms with E-state index in [1.165, 1.54) is 11.1 Å². The van der Waals surface area contributed by atoms with Gasteiger partial charge in [-0.15, -0.1) is 0 Å². The molecule has 21 heavy (non-hydrogen) atoms. The molecule has 6 heteroatoms. The van der Waals surface area contributed by atoms with Gasteiger partial charge in [0.1, 0.15) is 5.69 Å². The molecule has 1 aromatic rings. The first-order valence-electron chi connectivity index (χ1n) is 7.20. The number of carbonyl (C=O) groups excluding carboxylic acids is 2. The maximum absolute atomic E-state index is 11.8. The molecule has 2 N–H and O–H groups in total. The van der Waals surface area contributed by atoms with E-state index in [0.717, 1.165) is 12.8 Å². The third-order valence-electron chi connectivity index (χ3n) is 3.35. The summed E-state index contributed by atoms with van der Waals surface area (Å²) < 4.78 is 0. The van der Waals surface area contributed by atoms with Crippen LogP contribution in [0.1, 0.15) is 37.2 Å². The van der Waals surface area contributed by atoms with Crippen LogP contribution in [0.2, 0.25) is 0 Å². The van der Waals surface area contributed by atoms with Crippen LogP contribution in [0, 0.1) is 5.92 Å². The first kappa shape index (κ1) is 16.9. The van der Waals surface area contributed by atoms with Crippen molar-refractivity contribution >= 4 is 17.6 Å². The van der Waals surface area contributed by atoms with Gasteiger partial charge < -0.3 is 15.5 Å². The van der Waals surface area contributed by atoms with Gasteiger partial charge in [0.25, 0.3) is 5.91 Å². The Morgan fingerprint density at radius 1 is 1.29 bits per heavy atom. The van der Waals surface area contributed by atoms with E-state index < -0.39 is 0 Å². The summed E-state index contributed by atoms with van der Waals surface area (Å²) in [7, 11) is 3.32. The van der Waals surface area contributed by atoms with E-state index in [4.69, 9.17) is 0 Å². The highest BCUT2D eigenvalue weighted by atomic mass is 16.2. The van der Waals surface area contributed by atoms with Gasteiger partial charge in [-0.3, -0.25) is 9.78 Å². The molecule has 1 heterocycles. The van der Waals surface area contributed by atoms with Gasteiger partial charge in [-0.2, -0.15) is 0 Å². The fourth-order valence-corrected chi connectivity index (χ4v) is 1.84. The van der Waals surface area contributed by atoms with Crippen molar-refractivity contribution in [3.8, 4) is 0 Å². The van der Waals surface area contributed by atoms with Crippen molar-refractivity contribution in [2.24, 2.45) is 5.92 Å². The Kier molecular flexibility index (Phi) is 6.65. The number of pyridine rings is 1. The van der Waals surface area contributed by atoms with Gasteiger partial charge in [-0.1, -0.05) is 26.7 Å². The summed E-state index contributed by atoms with van der Waals surface area (Å²) in [5.41, 5.74) is 0.857. The van der Waals surface area contributed by atoms with E-state index in [1.807, 2.05) is 0 Å². The quantitative estimate of drug-likeness (QED) is 0.845. The molecule has 0 bridgehead atoms. The van der Waals surface area contributed by atoms with Crippen LogP contribution in [0.5, 0.6) is 0 Å². The lowest BCUT2D eigenvalue weighted by Crippen LogP contribution is -2.33. The normalized spacial score (nSPS) is 10.3. The van der Waals surface area contributed by atoms with Crippen LogP contribution in [0.25, 0.3) is 0 Å². The predicted molar refractivity (Wildman–Crippen MR) is 83.3 cm³/mol. The third-order valence-corrected chi connectivity index (χ3v) is 3.35. The van der Waals surface area contributed by atoms with E-state index in [9.17, 15) is 9.59 Å². The molecule has 6 nitrogen and oxygen atoms in total. The number of amides is 3. The predicted octanol–water partition coefficient (Wildman–Crippen LogP) is 2.34. The maximum Gasteiger partial charge on any atom is 0.319 e. The van der Waals surface area contributed by atoms with Crippen LogP contribution in [-0.4, -0.2) is 42.5 Å². The Labute approximate surface area is 125 Å². The van der Waals surface area contributed by atoms with Crippen LogP contribution in [-0.2, 0) is 0 Å². The average Bonchev–Trinajstić information content (AvgIpc) is 2.47. The number of hydrogen-bond donors (Lipinski definition) is 2. The first-order chi connectivity index (χ1) is 9.97. The van der Waals surface area contributed by atoms with Crippen LogP contribution in [0.15, 0.2) is 18.3 Å². The zero-order chi connectivity index (χ0) is 15.8. The number of urea groups is 1. The van der Waals surface area contributed by atoms with Gasteiger partial charge in [-0.05, 0) is 18.1 Å². The van der Waals surface area contributed by atoms with E-state index in [1.54, 1.807) is 26.2 Å². The van der Waals surface area contributed by atoms with E-state index in [0.29, 0.717) is 23.8 Å². The SMILES string of the molecule is CCC(CC)CNC(=O)Nc1ccnc(C(=O)N(C)C)c1. The highest BCUT2D eigenvalue weighted by Gasteiger charge is 2.11. The molecule has 0 saturated carbocycles. The van der Waals surface area contributed by atoms with Crippen molar-refractivity contribution in [3.05, 3.63) is 24.0 Å². The largest absolute Gasteiger partial charge is 0.343 e. The summed E-state index contributed by atoms with van der Waals surface area (Å²) in [4.78, 5) is 29.1. The van der Waals surface area contributed by atoms with Crippen LogP contribution in [0.4, 0.5) is 10.5 Å². The molecule has 0 saturated heterocycles. The number of carbonyl (C=O) groups is 2.